The summed E-state index contributed by atoms with van der Waals surface area (Å²) in [5, 5.41) is 13.8. The van der Waals surface area contributed by atoms with Crippen LogP contribution in [0.15, 0.2) is 0 Å². The molecule has 0 saturated heterocycles. The van der Waals surface area contributed by atoms with Crippen molar-refractivity contribution >= 4 is 13.7 Å². The molecule has 0 radical (unpaired) electrons. The molecule has 59 heavy (non-hydrogen) atoms. The first-order valence-corrected chi connectivity index (χ1v) is 27.6. The third kappa shape index (κ3) is 45.3. The van der Waals surface area contributed by atoms with Crippen LogP contribution >= 0.6 is 7.82 Å². The molecule has 9 heteroatoms. The van der Waals surface area contributed by atoms with Gasteiger partial charge in [0.1, 0.15) is 0 Å². The Morgan fingerprint density at radius 2 is 0.780 bits per heavy atom. The van der Waals surface area contributed by atoms with Gasteiger partial charge in [-0.05, 0) is 12.8 Å². The van der Waals surface area contributed by atoms with Gasteiger partial charge in [0.2, 0.25) is 5.91 Å². The fourth-order valence-corrected chi connectivity index (χ4v) is 9.02. The topological polar surface area (TPSA) is 131 Å². The Kier molecular flexibility index (Phi) is 46.6. The summed E-state index contributed by atoms with van der Waals surface area (Å²) in [6, 6.07) is -0.767. The van der Waals surface area contributed by atoms with Crippen molar-refractivity contribution in [1.82, 2.24) is 5.32 Å². The van der Waals surface area contributed by atoms with Crippen LogP contribution in [0.4, 0.5) is 0 Å². The van der Waals surface area contributed by atoms with Crippen LogP contribution in [-0.2, 0) is 18.4 Å². The summed E-state index contributed by atoms with van der Waals surface area (Å²) in [7, 11) is -4.31. The molecule has 0 bridgehead atoms. The highest BCUT2D eigenvalue weighted by Crippen LogP contribution is 2.43. The second-order valence-corrected chi connectivity index (χ2v) is 19.6. The Bertz CT molecular complexity index is 895. The molecule has 0 spiro atoms. The first kappa shape index (κ1) is 58.5. The van der Waals surface area contributed by atoms with E-state index in [1.54, 1.807) is 0 Å². The maximum atomic E-state index is 12.8. The van der Waals surface area contributed by atoms with Crippen LogP contribution in [0.2, 0.25) is 0 Å². The van der Waals surface area contributed by atoms with E-state index in [1.165, 1.54) is 218 Å². The summed E-state index contributed by atoms with van der Waals surface area (Å²) in [6.45, 7) is 4.22. The summed E-state index contributed by atoms with van der Waals surface area (Å²) in [5.41, 5.74) is 5.38. The average Bonchev–Trinajstić information content (AvgIpc) is 3.22. The summed E-state index contributed by atoms with van der Waals surface area (Å²) in [4.78, 5) is 22.7. The van der Waals surface area contributed by atoms with E-state index >= 15 is 0 Å². The van der Waals surface area contributed by atoms with Gasteiger partial charge in [0, 0.05) is 13.0 Å². The molecule has 0 aliphatic heterocycles. The van der Waals surface area contributed by atoms with Crippen molar-refractivity contribution < 1.29 is 28.4 Å². The van der Waals surface area contributed by atoms with Gasteiger partial charge in [0.15, 0.2) is 0 Å². The lowest BCUT2D eigenvalue weighted by atomic mass is 10.0. The Labute approximate surface area is 367 Å². The number of nitrogens with two attached hydrogens (primary N) is 1. The second kappa shape index (κ2) is 47.0. The molecule has 0 rings (SSSR count). The van der Waals surface area contributed by atoms with E-state index in [0.717, 1.165) is 38.5 Å². The standard InChI is InChI=1S/C50H103N2O6P/c1-3-5-7-9-11-13-14-15-16-17-18-19-20-21-22-23-24-25-26-27-28-29-30-31-32-33-34-36-38-40-42-44-50(54)52-48(47-58-59(55,56)57-46-45-51)49(53)43-41-39-37-35-12-10-8-6-4-2/h48-49,53H,3-47,51H2,1-2H3,(H,52,54)(H,55,56)/t48-,49+/m0/s1. The fraction of sp³-hybridized carbons (Fsp3) is 0.980. The number of phosphoric ester groups is 1. The van der Waals surface area contributed by atoms with Crippen molar-refractivity contribution in [3.63, 3.8) is 0 Å². The second-order valence-electron chi connectivity index (χ2n) is 18.1. The van der Waals surface area contributed by atoms with Gasteiger partial charge in [-0.2, -0.15) is 0 Å². The number of rotatable bonds is 50. The third-order valence-corrected chi connectivity index (χ3v) is 13.2. The van der Waals surface area contributed by atoms with E-state index in [1.807, 2.05) is 0 Å². The molecule has 0 aromatic rings. The summed E-state index contributed by atoms with van der Waals surface area (Å²) >= 11 is 0. The van der Waals surface area contributed by atoms with Crippen molar-refractivity contribution in [2.75, 3.05) is 19.8 Å². The number of amides is 1. The lowest BCUT2D eigenvalue weighted by Gasteiger charge is -2.25. The molecule has 0 saturated carbocycles. The van der Waals surface area contributed by atoms with E-state index in [9.17, 15) is 19.4 Å². The fourth-order valence-electron chi connectivity index (χ4n) is 8.26. The summed E-state index contributed by atoms with van der Waals surface area (Å²) in [6.07, 6.45) is 53.1. The number of carbonyl (C=O) groups excluding carboxylic acids is 1. The SMILES string of the molecule is CCCCCCCCCCCCCCCCCCCCCCCCCCCCCCCCCC(=O)N[C@@H](COP(=O)(O)OCCN)[C@H](O)CCCCCCCCCCC. The van der Waals surface area contributed by atoms with Gasteiger partial charge < -0.3 is 21.1 Å². The normalized spacial score (nSPS) is 13.8. The Morgan fingerprint density at radius 1 is 0.492 bits per heavy atom. The highest BCUT2D eigenvalue weighted by molar-refractivity contribution is 7.47. The molecule has 1 unspecified atom stereocenters. The lowest BCUT2D eigenvalue weighted by Crippen LogP contribution is -2.46. The van der Waals surface area contributed by atoms with E-state index < -0.39 is 20.0 Å². The Hall–Kier alpha value is -0.500. The quantitative estimate of drug-likeness (QED) is 0.0354. The van der Waals surface area contributed by atoms with Crippen molar-refractivity contribution in [2.45, 2.75) is 296 Å². The van der Waals surface area contributed by atoms with Gasteiger partial charge in [-0.25, -0.2) is 4.57 Å². The predicted octanol–water partition coefficient (Wildman–Crippen LogP) is 15.3. The molecule has 5 N–H and O–H groups in total. The molecule has 0 fully saturated rings. The Balaban J connectivity index is 3.74. The molecule has 0 aromatic carbocycles. The number of hydrogen-bond donors (Lipinski definition) is 4. The van der Waals surface area contributed by atoms with Crippen LogP contribution in [0.5, 0.6) is 0 Å². The summed E-state index contributed by atoms with van der Waals surface area (Å²) < 4.78 is 22.2. The highest BCUT2D eigenvalue weighted by Gasteiger charge is 2.27. The largest absolute Gasteiger partial charge is 0.472 e. The molecule has 0 aliphatic rings. The van der Waals surface area contributed by atoms with Crippen molar-refractivity contribution in [1.29, 1.82) is 0 Å². The zero-order valence-corrected chi connectivity index (χ0v) is 40.4. The number of phosphoric acid groups is 1. The van der Waals surface area contributed by atoms with Crippen molar-refractivity contribution in [3.05, 3.63) is 0 Å². The molecular formula is C50H103N2O6P. The average molecular weight is 859 g/mol. The first-order chi connectivity index (χ1) is 28.9. The van der Waals surface area contributed by atoms with Crippen LogP contribution in [0.3, 0.4) is 0 Å². The van der Waals surface area contributed by atoms with E-state index in [-0.39, 0.29) is 25.7 Å². The van der Waals surface area contributed by atoms with E-state index in [2.05, 4.69) is 19.2 Å². The molecule has 0 heterocycles. The van der Waals surface area contributed by atoms with Crippen LogP contribution in [-0.4, -0.2) is 47.8 Å². The van der Waals surface area contributed by atoms with Gasteiger partial charge in [-0.3, -0.25) is 13.8 Å². The predicted molar refractivity (Wildman–Crippen MR) is 254 cm³/mol. The third-order valence-electron chi connectivity index (χ3n) is 12.2. The zero-order valence-electron chi connectivity index (χ0n) is 39.5. The van der Waals surface area contributed by atoms with Gasteiger partial charge in [0.25, 0.3) is 0 Å². The van der Waals surface area contributed by atoms with Gasteiger partial charge >= 0.3 is 7.82 Å². The molecule has 1 amide bonds. The van der Waals surface area contributed by atoms with Gasteiger partial charge in [0.05, 0.1) is 25.4 Å². The van der Waals surface area contributed by atoms with Crippen LogP contribution < -0.4 is 11.1 Å². The molecule has 8 nitrogen and oxygen atoms in total. The van der Waals surface area contributed by atoms with Gasteiger partial charge in [-0.15, -0.1) is 0 Å². The van der Waals surface area contributed by atoms with Crippen LogP contribution in [0, 0.1) is 0 Å². The molecule has 0 aromatic heterocycles. The van der Waals surface area contributed by atoms with Crippen molar-refractivity contribution in [3.8, 4) is 0 Å². The number of nitrogens with one attached hydrogen (secondary N) is 1. The minimum Gasteiger partial charge on any atom is -0.391 e. The monoisotopic (exact) mass is 859 g/mol. The molecule has 354 valence electrons. The minimum absolute atomic E-state index is 0.0923. The zero-order chi connectivity index (χ0) is 43.2. The number of aliphatic hydroxyl groups is 1. The van der Waals surface area contributed by atoms with E-state index in [4.69, 9.17) is 14.8 Å². The number of hydrogen-bond acceptors (Lipinski definition) is 6. The molecular weight excluding hydrogens is 756 g/mol. The molecule has 0 aliphatic carbocycles. The first-order valence-electron chi connectivity index (χ1n) is 26.2. The number of carbonyl (C=O) groups is 1. The van der Waals surface area contributed by atoms with Crippen molar-refractivity contribution in [2.24, 2.45) is 5.73 Å². The Morgan fingerprint density at radius 3 is 1.08 bits per heavy atom. The van der Waals surface area contributed by atoms with Gasteiger partial charge in [-0.1, -0.05) is 264 Å². The lowest BCUT2D eigenvalue weighted by molar-refractivity contribution is -0.123. The number of unbranched alkanes of at least 4 members (excludes halogenated alkanes) is 38. The molecule has 3 atom stereocenters. The maximum Gasteiger partial charge on any atom is 0.472 e. The maximum absolute atomic E-state index is 12.8. The smallest absolute Gasteiger partial charge is 0.391 e. The minimum atomic E-state index is -4.31. The van der Waals surface area contributed by atoms with E-state index in [0.29, 0.717) is 12.8 Å². The number of aliphatic hydroxyl groups excluding tert-OH is 1. The van der Waals surface area contributed by atoms with Crippen LogP contribution in [0.1, 0.15) is 284 Å². The summed E-state index contributed by atoms with van der Waals surface area (Å²) in [5.74, 6) is -0.157. The highest BCUT2D eigenvalue weighted by atomic mass is 31.2. The van der Waals surface area contributed by atoms with Crippen LogP contribution in [0.25, 0.3) is 0 Å².